The van der Waals surface area contributed by atoms with Crippen LogP contribution in [0.25, 0.3) is 11.1 Å². The quantitative estimate of drug-likeness (QED) is 0.403. The van der Waals surface area contributed by atoms with Crippen molar-refractivity contribution < 1.29 is 34.4 Å². The van der Waals surface area contributed by atoms with E-state index in [4.69, 9.17) is 4.74 Å². The van der Waals surface area contributed by atoms with Crippen molar-refractivity contribution in [2.75, 3.05) is 7.11 Å². The van der Waals surface area contributed by atoms with E-state index < -0.39 is 48.4 Å². The van der Waals surface area contributed by atoms with E-state index in [-0.39, 0.29) is 25.2 Å². The summed E-state index contributed by atoms with van der Waals surface area (Å²) >= 11 is 0. The molecule has 10 nitrogen and oxygen atoms in total. The average molecular weight is 527 g/mol. The molecular formula is C28H34N2O8. The van der Waals surface area contributed by atoms with E-state index in [2.05, 4.69) is 5.32 Å². The number of aliphatic hydroxyl groups excluding tert-OH is 3. The Morgan fingerprint density at radius 3 is 2.29 bits per heavy atom. The van der Waals surface area contributed by atoms with Gasteiger partial charge in [-0.3, -0.25) is 24.1 Å². The molecule has 2 aromatic rings. The second-order valence-electron chi connectivity index (χ2n) is 9.22. The molecule has 0 spiro atoms. The molecule has 0 unspecified atom stereocenters. The number of nitrogens with one attached hydrogen (secondary N) is 1. The molecule has 1 aliphatic carbocycles. The Hall–Kier alpha value is -3.60. The molecule has 0 radical (unpaired) electrons. The zero-order chi connectivity index (χ0) is 28.1. The van der Waals surface area contributed by atoms with Crippen molar-refractivity contribution in [3.05, 3.63) is 62.3 Å². The van der Waals surface area contributed by atoms with Gasteiger partial charge in [-0.15, -0.1) is 0 Å². The van der Waals surface area contributed by atoms with Gasteiger partial charge >= 0.3 is 0 Å². The number of imide groups is 1. The van der Waals surface area contributed by atoms with Crippen molar-refractivity contribution in [3.63, 3.8) is 0 Å². The largest absolute Gasteiger partial charge is 0.493 e. The lowest BCUT2D eigenvalue weighted by atomic mass is 9.87. The number of aryl methyl sites for hydroxylation is 1. The third-order valence-electron chi connectivity index (χ3n) is 6.96. The molecule has 0 heterocycles. The van der Waals surface area contributed by atoms with Crippen LogP contribution in [0, 0.1) is 0 Å². The summed E-state index contributed by atoms with van der Waals surface area (Å²) in [6, 6.07) is 4.37. The molecule has 1 aliphatic rings. The lowest BCUT2D eigenvalue weighted by Crippen LogP contribution is -2.50. The fraction of sp³-hybridized carbons (Fsp3) is 0.429. The van der Waals surface area contributed by atoms with Gasteiger partial charge in [0.25, 0.3) is 5.91 Å². The highest BCUT2D eigenvalue weighted by Crippen LogP contribution is 2.43. The van der Waals surface area contributed by atoms with Crippen molar-refractivity contribution in [1.82, 2.24) is 10.2 Å². The van der Waals surface area contributed by atoms with E-state index in [1.165, 1.54) is 33.1 Å². The number of hydrogen-bond donors (Lipinski definition) is 4. The Bertz CT molecular complexity index is 1310. The molecule has 2 aromatic carbocycles. The number of benzene rings is 1. The van der Waals surface area contributed by atoms with Crippen molar-refractivity contribution in [1.29, 1.82) is 0 Å². The summed E-state index contributed by atoms with van der Waals surface area (Å²) in [6.45, 7) is 3.02. The van der Waals surface area contributed by atoms with Crippen LogP contribution in [0.5, 0.6) is 5.75 Å². The first-order valence-corrected chi connectivity index (χ1v) is 12.5. The molecule has 0 fully saturated rings. The summed E-state index contributed by atoms with van der Waals surface area (Å²) < 4.78 is 5.24. The van der Waals surface area contributed by atoms with Gasteiger partial charge in [0.2, 0.25) is 17.2 Å². The fourth-order valence-corrected chi connectivity index (χ4v) is 5.25. The number of ether oxygens (including phenoxy) is 1. The molecule has 10 heteroatoms. The monoisotopic (exact) mass is 526 g/mol. The van der Waals surface area contributed by atoms with Crippen LogP contribution >= 0.6 is 0 Å². The summed E-state index contributed by atoms with van der Waals surface area (Å²) in [4.78, 5) is 52.5. The lowest BCUT2D eigenvalue weighted by molar-refractivity contribution is -0.149. The molecule has 2 atom stereocenters. The van der Waals surface area contributed by atoms with Gasteiger partial charge in [-0.25, -0.2) is 0 Å². The molecule has 3 rings (SSSR count). The molecule has 38 heavy (non-hydrogen) atoms. The van der Waals surface area contributed by atoms with Crippen LogP contribution in [-0.4, -0.2) is 51.1 Å². The molecular weight excluding hydrogens is 492 g/mol. The number of hydrogen-bond acceptors (Lipinski definition) is 8. The van der Waals surface area contributed by atoms with Gasteiger partial charge in [0.05, 0.1) is 33.0 Å². The highest BCUT2D eigenvalue weighted by molar-refractivity contribution is 5.99. The van der Waals surface area contributed by atoms with E-state index in [1.54, 1.807) is 19.1 Å². The number of fused-ring (bicyclic) bond motifs is 3. The van der Waals surface area contributed by atoms with Crippen molar-refractivity contribution >= 4 is 17.7 Å². The molecule has 4 N–H and O–H groups in total. The van der Waals surface area contributed by atoms with Crippen molar-refractivity contribution in [3.8, 4) is 16.9 Å². The molecule has 0 aromatic heterocycles. The van der Waals surface area contributed by atoms with Crippen molar-refractivity contribution in [2.24, 2.45) is 0 Å². The fourth-order valence-electron chi connectivity index (χ4n) is 5.25. The Kier molecular flexibility index (Phi) is 9.37. The van der Waals surface area contributed by atoms with E-state index in [0.29, 0.717) is 39.8 Å². The molecule has 3 amide bonds. The lowest BCUT2D eigenvalue weighted by Gasteiger charge is -2.32. The predicted molar refractivity (Wildman–Crippen MR) is 139 cm³/mol. The third kappa shape index (κ3) is 5.47. The van der Waals surface area contributed by atoms with Gasteiger partial charge in [0.15, 0.2) is 5.75 Å². The van der Waals surface area contributed by atoms with Crippen LogP contribution in [0.3, 0.4) is 0 Å². The number of methoxy groups -OCH3 is 1. The molecule has 0 aliphatic heterocycles. The van der Waals surface area contributed by atoms with Crippen LogP contribution in [-0.2, 0) is 40.6 Å². The Labute approximate surface area is 220 Å². The summed E-state index contributed by atoms with van der Waals surface area (Å²) in [5.41, 5.74) is 2.89. The minimum absolute atomic E-state index is 0.0451. The smallest absolute Gasteiger partial charge is 0.252 e. The second-order valence-corrected chi connectivity index (χ2v) is 9.22. The standard InChI is InChI=1S/C28H34N2O8/c1-5-23(29-15(2)34)28(37)30(16(3)35)24-8-6-17-10-18(12-31)21(13-32)22(14-33)27(17)19-7-9-26(38-4)25(36)11-20(19)24/h7,9-11,23-24,31-33H,5-6,8,12-14H2,1-4H3,(H,29,34)/t23-,24-/m0/s1. The summed E-state index contributed by atoms with van der Waals surface area (Å²) in [7, 11) is 1.36. The van der Waals surface area contributed by atoms with Crippen LogP contribution in [0.4, 0.5) is 0 Å². The number of aliphatic hydroxyl groups is 3. The van der Waals surface area contributed by atoms with Crippen LogP contribution in [0.1, 0.15) is 67.5 Å². The first-order chi connectivity index (χ1) is 18.1. The van der Waals surface area contributed by atoms with Gasteiger partial charge in [-0.1, -0.05) is 19.1 Å². The normalized spacial score (nSPS) is 15.0. The molecule has 0 saturated heterocycles. The maximum Gasteiger partial charge on any atom is 0.252 e. The number of nitrogens with zero attached hydrogens (tertiary/aromatic N) is 1. The minimum atomic E-state index is -0.945. The predicted octanol–water partition coefficient (Wildman–Crippen LogP) is 1.48. The zero-order valence-electron chi connectivity index (χ0n) is 22.0. The number of carbonyl (C=O) groups excluding carboxylic acids is 3. The van der Waals surface area contributed by atoms with E-state index in [9.17, 15) is 34.5 Å². The SMILES string of the molecule is CC[C@H](NC(C)=O)C(=O)N(C(C)=O)[C@H]1CCc2cc(CO)c(CO)c(CO)c2-c2ccc(OC)c(=O)cc21. The van der Waals surface area contributed by atoms with Crippen molar-refractivity contribution in [2.45, 2.75) is 71.9 Å². The van der Waals surface area contributed by atoms with Gasteiger partial charge in [-0.2, -0.15) is 0 Å². The zero-order valence-corrected chi connectivity index (χ0v) is 22.0. The summed E-state index contributed by atoms with van der Waals surface area (Å²) in [5, 5.41) is 33.0. The van der Waals surface area contributed by atoms with E-state index in [1.807, 2.05) is 0 Å². The first kappa shape index (κ1) is 29.0. The Balaban J connectivity index is 2.39. The van der Waals surface area contributed by atoms with Gasteiger partial charge < -0.3 is 25.4 Å². The summed E-state index contributed by atoms with van der Waals surface area (Å²) in [6.07, 6.45) is 0.824. The Morgan fingerprint density at radius 2 is 1.76 bits per heavy atom. The number of amides is 3. The van der Waals surface area contributed by atoms with Crippen LogP contribution < -0.4 is 15.5 Å². The van der Waals surface area contributed by atoms with Crippen LogP contribution in [0.15, 0.2) is 29.1 Å². The summed E-state index contributed by atoms with van der Waals surface area (Å²) in [5.74, 6) is -1.52. The average Bonchev–Trinajstić information content (AvgIpc) is 3.14. The minimum Gasteiger partial charge on any atom is -0.493 e. The Morgan fingerprint density at radius 1 is 1.08 bits per heavy atom. The van der Waals surface area contributed by atoms with E-state index in [0.717, 1.165) is 10.5 Å². The van der Waals surface area contributed by atoms with Crippen LogP contribution in [0.2, 0.25) is 0 Å². The van der Waals surface area contributed by atoms with E-state index >= 15 is 0 Å². The molecule has 0 saturated carbocycles. The second kappa shape index (κ2) is 12.3. The third-order valence-corrected chi connectivity index (χ3v) is 6.96. The maximum atomic E-state index is 13.6. The van der Waals surface area contributed by atoms with Gasteiger partial charge in [0.1, 0.15) is 6.04 Å². The highest BCUT2D eigenvalue weighted by Gasteiger charge is 2.37. The van der Waals surface area contributed by atoms with Gasteiger partial charge in [-0.05, 0) is 70.3 Å². The topological polar surface area (TPSA) is 153 Å². The highest BCUT2D eigenvalue weighted by atomic mass is 16.5. The molecule has 204 valence electrons. The number of carbonyl (C=O) groups is 3. The number of rotatable bonds is 8. The first-order valence-electron chi connectivity index (χ1n) is 12.5. The maximum absolute atomic E-state index is 13.6. The molecule has 0 bridgehead atoms. The van der Waals surface area contributed by atoms with Gasteiger partial charge in [0, 0.05) is 13.8 Å².